The summed E-state index contributed by atoms with van der Waals surface area (Å²) in [6, 6.07) is 8.41. The van der Waals surface area contributed by atoms with Gasteiger partial charge in [0.1, 0.15) is 5.75 Å². The van der Waals surface area contributed by atoms with Crippen LogP contribution >= 0.6 is 11.3 Å². The van der Waals surface area contributed by atoms with E-state index in [0.717, 1.165) is 44.7 Å². The monoisotopic (exact) mass is 536 g/mol. The summed E-state index contributed by atoms with van der Waals surface area (Å²) in [5.74, 6) is -2.55. The largest absolute Gasteiger partial charge is 0.496 e. The molecular formula is C26H36N2O8S. The van der Waals surface area contributed by atoms with Crippen molar-refractivity contribution < 1.29 is 39.5 Å². The molecule has 10 nitrogen and oxygen atoms in total. The Balaban J connectivity index is 0.000000325. The maximum Gasteiger partial charge on any atom is 0.335 e. The first kappa shape index (κ1) is 29.0. The summed E-state index contributed by atoms with van der Waals surface area (Å²) >= 11 is 1.75. The summed E-state index contributed by atoms with van der Waals surface area (Å²) in [6.07, 6.45) is 5.71. The number of hydrogen-bond donors (Lipinski definition) is 5. The molecule has 1 saturated carbocycles. The molecule has 0 bridgehead atoms. The van der Waals surface area contributed by atoms with Crippen LogP contribution in [0.3, 0.4) is 0 Å². The van der Waals surface area contributed by atoms with Crippen LogP contribution in [0.15, 0.2) is 35.8 Å². The van der Waals surface area contributed by atoms with Gasteiger partial charge in [-0.25, -0.2) is 9.59 Å². The highest BCUT2D eigenvalue weighted by Gasteiger charge is 2.48. The lowest BCUT2D eigenvalue weighted by Crippen LogP contribution is -2.47. The van der Waals surface area contributed by atoms with Gasteiger partial charge in [-0.2, -0.15) is 0 Å². The van der Waals surface area contributed by atoms with E-state index >= 15 is 0 Å². The number of carboxylic acid groups (broad SMARTS) is 2. The molecule has 2 aromatic heterocycles. The first-order chi connectivity index (χ1) is 17.7. The van der Waals surface area contributed by atoms with Crippen LogP contribution in [0.4, 0.5) is 0 Å². The Hall–Kier alpha value is -2.57. The molecule has 2 fully saturated rings. The third-order valence-electron chi connectivity index (χ3n) is 7.17. The minimum atomic E-state index is -2.27. The van der Waals surface area contributed by atoms with Crippen LogP contribution in [-0.2, 0) is 26.3 Å². The van der Waals surface area contributed by atoms with Crippen molar-refractivity contribution in [3.05, 3.63) is 46.4 Å². The van der Waals surface area contributed by atoms with Crippen molar-refractivity contribution in [1.82, 2.24) is 10.3 Å². The van der Waals surface area contributed by atoms with E-state index in [1.807, 2.05) is 18.3 Å². The summed E-state index contributed by atoms with van der Waals surface area (Å²) < 4.78 is 11.8. The molecule has 2 aromatic rings. The fraction of sp³-hybridized carbons (Fsp3) is 0.577. The number of aliphatic hydroxyl groups is 2. The Morgan fingerprint density at radius 1 is 1.14 bits per heavy atom. The predicted octanol–water partition coefficient (Wildman–Crippen LogP) is 2.57. The topological polar surface area (TPSA) is 158 Å². The number of hydrogen-bond acceptors (Lipinski definition) is 9. The van der Waals surface area contributed by atoms with E-state index in [2.05, 4.69) is 22.8 Å². The molecule has 11 heteroatoms. The van der Waals surface area contributed by atoms with Gasteiger partial charge < -0.3 is 35.2 Å². The van der Waals surface area contributed by atoms with Gasteiger partial charge in [-0.05, 0) is 62.2 Å². The zero-order chi connectivity index (χ0) is 26.9. The third-order valence-corrected chi connectivity index (χ3v) is 8.07. The van der Waals surface area contributed by atoms with Crippen molar-refractivity contribution in [2.24, 2.45) is 0 Å². The van der Waals surface area contributed by atoms with E-state index in [-0.39, 0.29) is 11.0 Å². The highest BCUT2D eigenvalue weighted by atomic mass is 32.1. The number of ether oxygens (including phenoxy) is 2. The van der Waals surface area contributed by atoms with Crippen molar-refractivity contribution in [3.8, 4) is 5.75 Å². The van der Waals surface area contributed by atoms with Gasteiger partial charge in [-0.15, -0.1) is 11.3 Å². The molecule has 0 radical (unpaired) electrons. The molecule has 204 valence electrons. The fourth-order valence-corrected chi connectivity index (χ4v) is 6.04. The maximum absolute atomic E-state index is 9.77. The average molecular weight is 537 g/mol. The molecule has 1 spiro atoms. The molecule has 2 aliphatic rings. The molecule has 0 aromatic carbocycles. The van der Waals surface area contributed by atoms with Crippen molar-refractivity contribution in [2.45, 2.75) is 74.7 Å². The van der Waals surface area contributed by atoms with E-state index in [1.54, 1.807) is 18.4 Å². The zero-order valence-electron chi connectivity index (χ0n) is 21.0. The van der Waals surface area contributed by atoms with Gasteiger partial charge in [0, 0.05) is 30.5 Å². The molecule has 37 heavy (non-hydrogen) atoms. The van der Waals surface area contributed by atoms with Gasteiger partial charge in [0.2, 0.25) is 0 Å². The second-order valence-electron chi connectivity index (χ2n) is 9.57. The number of carbonyl (C=O) groups is 2. The van der Waals surface area contributed by atoms with Crippen molar-refractivity contribution >= 4 is 23.3 Å². The molecule has 3 atom stereocenters. The number of nitrogens with one attached hydrogen (secondary N) is 1. The first-order valence-electron chi connectivity index (χ1n) is 12.4. The van der Waals surface area contributed by atoms with Gasteiger partial charge in [0.25, 0.3) is 0 Å². The fourth-order valence-electron chi connectivity index (χ4n) is 5.24. The molecule has 4 rings (SSSR count). The van der Waals surface area contributed by atoms with Crippen LogP contribution in [0.1, 0.15) is 55.5 Å². The summed E-state index contributed by atoms with van der Waals surface area (Å²) in [5, 5.41) is 38.3. The van der Waals surface area contributed by atoms with Crippen LogP contribution in [0.2, 0.25) is 0 Å². The Kier molecular flexibility index (Phi) is 10.4. The Bertz CT molecular complexity index is 993. The molecular weight excluding hydrogens is 500 g/mol. The highest BCUT2D eigenvalue weighted by molar-refractivity contribution is 7.10. The lowest BCUT2D eigenvalue weighted by atomic mass is 9.68. The lowest BCUT2D eigenvalue weighted by Gasteiger charge is -2.46. The number of aromatic nitrogens is 1. The smallest absolute Gasteiger partial charge is 0.335 e. The van der Waals surface area contributed by atoms with Crippen LogP contribution in [-0.4, -0.2) is 75.4 Å². The molecule has 2 unspecified atom stereocenters. The molecule has 1 aliphatic heterocycles. The van der Waals surface area contributed by atoms with E-state index in [9.17, 15) is 9.59 Å². The van der Waals surface area contributed by atoms with Crippen LogP contribution in [0.5, 0.6) is 5.75 Å². The second kappa shape index (κ2) is 13.3. The normalized spacial score (nSPS) is 22.0. The van der Waals surface area contributed by atoms with Gasteiger partial charge in [0.05, 0.1) is 17.6 Å². The number of methoxy groups -OCH3 is 1. The lowest BCUT2D eigenvalue weighted by molar-refractivity contribution is -0.165. The number of rotatable bonds is 10. The SMILES string of the molecule is COc1ccsc1CNCC[C@@]1(c2ccccn2)CCOC2(CCCC2)C1.O=C(O)C(O)C(O)C(=O)O. The predicted molar refractivity (Wildman–Crippen MR) is 137 cm³/mol. The molecule has 1 aliphatic carbocycles. The quantitative estimate of drug-likeness (QED) is 0.286. The van der Waals surface area contributed by atoms with E-state index in [0.29, 0.717) is 0 Å². The van der Waals surface area contributed by atoms with Crippen molar-refractivity contribution in [2.75, 3.05) is 20.3 Å². The molecule has 1 saturated heterocycles. The Morgan fingerprint density at radius 2 is 1.84 bits per heavy atom. The van der Waals surface area contributed by atoms with Gasteiger partial charge in [0.15, 0.2) is 12.2 Å². The summed E-state index contributed by atoms with van der Waals surface area (Å²) in [6.45, 7) is 2.70. The highest BCUT2D eigenvalue weighted by Crippen LogP contribution is 2.49. The van der Waals surface area contributed by atoms with Gasteiger partial charge in [-0.1, -0.05) is 18.9 Å². The van der Waals surface area contributed by atoms with Crippen LogP contribution in [0, 0.1) is 0 Å². The number of carboxylic acids is 2. The van der Waals surface area contributed by atoms with E-state index < -0.39 is 24.1 Å². The van der Waals surface area contributed by atoms with E-state index in [4.69, 9.17) is 34.9 Å². The number of nitrogens with zero attached hydrogens (tertiary/aromatic N) is 1. The molecule has 5 N–H and O–H groups in total. The maximum atomic E-state index is 9.77. The zero-order valence-corrected chi connectivity index (χ0v) is 21.8. The summed E-state index contributed by atoms with van der Waals surface area (Å²) in [7, 11) is 1.74. The van der Waals surface area contributed by atoms with Crippen LogP contribution in [0.25, 0.3) is 0 Å². The van der Waals surface area contributed by atoms with Gasteiger partial charge in [-0.3, -0.25) is 4.98 Å². The van der Waals surface area contributed by atoms with Crippen molar-refractivity contribution in [3.63, 3.8) is 0 Å². The summed E-state index contributed by atoms with van der Waals surface area (Å²) in [5.41, 5.74) is 1.46. The molecule has 3 heterocycles. The minimum Gasteiger partial charge on any atom is -0.496 e. The summed E-state index contributed by atoms with van der Waals surface area (Å²) in [4.78, 5) is 25.6. The van der Waals surface area contributed by atoms with Crippen LogP contribution < -0.4 is 10.1 Å². The minimum absolute atomic E-state index is 0.0900. The first-order valence-corrected chi connectivity index (χ1v) is 13.3. The second-order valence-corrected chi connectivity index (χ2v) is 10.6. The third kappa shape index (κ3) is 7.48. The number of aliphatic carboxylic acids is 2. The number of thiophene rings is 1. The van der Waals surface area contributed by atoms with E-state index in [1.165, 1.54) is 36.3 Å². The Morgan fingerprint density at radius 3 is 2.43 bits per heavy atom. The number of aliphatic hydroxyl groups excluding tert-OH is 2. The number of pyridine rings is 1. The molecule has 0 amide bonds. The van der Waals surface area contributed by atoms with Crippen molar-refractivity contribution in [1.29, 1.82) is 0 Å². The average Bonchev–Trinajstić information content (AvgIpc) is 3.55. The van der Waals surface area contributed by atoms with Gasteiger partial charge >= 0.3 is 11.9 Å². The standard InChI is InChI=1S/C22H30N2O2S.C4H6O6/c1-25-18-7-15-27-19(18)16-23-13-10-21(20-6-2-5-12-24-20)11-14-26-22(17-21)8-3-4-9-22;5-1(3(7)8)2(6)4(9)10/h2,5-7,12,15,23H,3-4,8-11,13-14,16-17H2,1H3;1-2,5-6H,(H,7,8)(H,9,10)/t21-;/m1./s1. The Labute approximate surface area is 220 Å².